The van der Waals surface area contributed by atoms with E-state index in [1.807, 2.05) is 13.2 Å². The minimum Gasteiger partial charge on any atom is -0.468 e. The second-order valence-electron chi connectivity index (χ2n) is 6.90. The van der Waals surface area contributed by atoms with E-state index in [0.717, 1.165) is 49.9 Å². The van der Waals surface area contributed by atoms with Crippen molar-refractivity contribution in [1.29, 1.82) is 0 Å². The fourth-order valence-electron chi connectivity index (χ4n) is 4.25. The van der Waals surface area contributed by atoms with Gasteiger partial charge in [-0.25, -0.2) is 4.98 Å². The molecule has 2 aromatic rings. The van der Waals surface area contributed by atoms with E-state index in [1.165, 1.54) is 5.69 Å². The highest BCUT2D eigenvalue weighted by Crippen LogP contribution is 2.34. The van der Waals surface area contributed by atoms with Crippen molar-refractivity contribution >= 4 is 11.3 Å². The lowest BCUT2D eigenvalue weighted by Gasteiger charge is -2.40. The Balaban J connectivity index is 1.46. The molecule has 2 aliphatic heterocycles. The second kappa shape index (κ2) is 6.96. The van der Waals surface area contributed by atoms with E-state index in [2.05, 4.69) is 33.2 Å². The number of aromatic nitrogens is 1. The number of aryl methyl sites for hydroxylation is 1. The lowest BCUT2D eigenvalue weighted by Crippen LogP contribution is -2.50. The number of hydrogen-bond donors (Lipinski definition) is 0. The van der Waals surface area contributed by atoms with Crippen molar-refractivity contribution in [3.8, 4) is 0 Å². The Hall–Kier alpha value is -1.21. The lowest BCUT2D eigenvalue weighted by molar-refractivity contribution is -0.0262. The van der Waals surface area contributed by atoms with Gasteiger partial charge in [0, 0.05) is 50.6 Å². The largest absolute Gasteiger partial charge is 0.468 e. The third kappa shape index (κ3) is 3.28. The molecule has 0 aliphatic carbocycles. The Kier molecular flexibility index (Phi) is 4.72. The molecule has 4 rings (SSSR count). The summed E-state index contributed by atoms with van der Waals surface area (Å²) in [5.41, 5.74) is 1.20. The van der Waals surface area contributed by atoms with Crippen molar-refractivity contribution in [2.45, 2.75) is 38.6 Å². The molecule has 5 nitrogen and oxygen atoms in total. The molecule has 0 radical (unpaired) electrons. The van der Waals surface area contributed by atoms with E-state index in [-0.39, 0.29) is 0 Å². The predicted molar refractivity (Wildman–Crippen MR) is 93.9 cm³/mol. The van der Waals surface area contributed by atoms with Gasteiger partial charge in [-0.2, -0.15) is 0 Å². The SMILES string of the molecule is CO[C@@H]1CCN(Cc2ccco2)[C@@H]2CN(Cc3csc(C)n3)C[C@@H]21. The van der Waals surface area contributed by atoms with Crippen LogP contribution in [0.25, 0.3) is 0 Å². The van der Waals surface area contributed by atoms with Crippen LogP contribution in [0, 0.1) is 12.8 Å². The summed E-state index contributed by atoms with van der Waals surface area (Å²) >= 11 is 1.74. The molecule has 6 heteroatoms. The van der Waals surface area contributed by atoms with Crippen LogP contribution in [0.1, 0.15) is 22.9 Å². The van der Waals surface area contributed by atoms with Crippen molar-refractivity contribution < 1.29 is 9.15 Å². The van der Waals surface area contributed by atoms with E-state index in [4.69, 9.17) is 9.15 Å². The van der Waals surface area contributed by atoms with Gasteiger partial charge in [0.05, 0.1) is 29.6 Å². The number of furan rings is 1. The Morgan fingerprint density at radius 3 is 3.00 bits per heavy atom. The molecule has 0 unspecified atom stereocenters. The highest BCUT2D eigenvalue weighted by atomic mass is 32.1. The number of methoxy groups -OCH3 is 1. The molecule has 4 heterocycles. The van der Waals surface area contributed by atoms with Crippen LogP contribution in [-0.2, 0) is 17.8 Å². The molecule has 2 fully saturated rings. The molecule has 2 saturated heterocycles. The van der Waals surface area contributed by atoms with Gasteiger partial charge in [0.2, 0.25) is 0 Å². The molecule has 3 atom stereocenters. The average molecular weight is 347 g/mol. The third-order valence-electron chi connectivity index (χ3n) is 5.35. The first kappa shape index (κ1) is 16.3. The summed E-state index contributed by atoms with van der Waals surface area (Å²) in [5.74, 6) is 1.62. The zero-order chi connectivity index (χ0) is 16.5. The highest BCUT2D eigenvalue weighted by Gasteiger charge is 2.44. The van der Waals surface area contributed by atoms with Gasteiger partial charge >= 0.3 is 0 Å². The number of likely N-dealkylation sites (tertiary alicyclic amines) is 2. The fraction of sp³-hybridized carbons (Fsp3) is 0.611. The number of thiazole rings is 1. The molecular formula is C18H25N3O2S. The molecule has 0 aromatic carbocycles. The average Bonchev–Trinajstić information content (AvgIpc) is 3.29. The standard InChI is InChI=1S/C18H25N3O2S/c1-13-19-14(12-24-13)8-20-10-16-17(11-20)21(6-5-18(16)22-2)9-15-4-3-7-23-15/h3-4,7,12,16-18H,5-6,8-11H2,1-2H3/t16-,17+,18+/m0/s1. The number of rotatable bonds is 5. The number of ether oxygens (including phenoxy) is 1. The van der Waals surface area contributed by atoms with Gasteiger partial charge in [-0.3, -0.25) is 9.80 Å². The summed E-state index contributed by atoms with van der Waals surface area (Å²) in [6, 6.07) is 4.58. The molecule has 0 amide bonds. The number of nitrogens with zero attached hydrogens (tertiary/aromatic N) is 3. The highest BCUT2D eigenvalue weighted by molar-refractivity contribution is 7.09. The van der Waals surface area contributed by atoms with Crippen LogP contribution in [0.5, 0.6) is 0 Å². The van der Waals surface area contributed by atoms with E-state index >= 15 is 0 Å². The molecule has 0 spiro atoms. The Morgan fingerprint density at radius 2 is 2.29 bits per heavy atom. The van der Waals surface area contributed by atoms with Gasteiger partial charge in [-0.15, -0.1) is 11.3 Å². The molecule has 0 saturated carbocycles. The Bertz CT molecular complexity index is 657. The van der Waals surface area contributed by atoms with E-state index in [1.54, 1.807) is 17.6 Å². The third-order valence-corrected chi connectivity index (χ3v) is 6.17. The number of hydrogen-bond acceptors (Lipinski definition) is 6. The van der Waals surface area contributed by atoms with Crippen molar-refractivity contribution in [2.24, 2.45) is 5.92 Å². The van der Waals surface area contributed by atoms with Crippen LogP contribution in [0.2, 0.25) is 0 Å². The van der Waals surface area contributed by atoms with Crippen LogP contribution < -0.4 is 0 Å². The van der Waals surface area contributed by atoms with Gasteiger partial charge in [0.15, 0.2) is 0 Å². The van der Waals surface area contributed by atoms with Crippen molar-refractivity contribution in [1.82, 2.24) is 14.8 Å². The van der Waals surface area contributed by atoms with Gasteiger partial charge in [-0.05, 0) is 25.5 Å². The zero-order valence-corrected chi connectivity index (χ0v) is 15.2. The van der Waals surface area contributed by atoms with Crippen molar-refractivity contribution in [2.75, 3.05) is 26.7 Å². The quantitative estimate of drug-likeness (QED) is 0.832. The van der Waals surface area contributed by atoms with Gasteiger partial charge in [0.25, 0.3) is 0 Å². The maximum absolute atomic E-state index is 5.80. The van der Waals surface area contributed by atoms with Crippen LogP contribution in [0.3, 0.4) is 0 Å². The van der Waals surface area contributed by atoms with Crippen molar-refractivity contribution in [3.05, 3.63) is 40.2 Å². The van der Waals surface area contributed by atoms with Crippen LogP contribution in [0.15, 0.2) is 28.2 Å². The first-order valence-electron chi connectivity index (χ1n) is 8.65. The summed E-state index contributed by atoms with van der Waals surface area (Å²) in [6.45, 7) is 7.17. The maximum atomic E-state index is 5.80. The summed E-state index contributed by atoms with van der Waals surface area (Å²) in [5, 5.41) is 3.34. The minimum absolute atomic E-state index is 0.366. The number of piperidine rings is 1. The maximum Gasteiger partial charge on any atom is 0.117 e. The lowest BCUT2D eigenvalue weighted by atomic mass is 9.89. The Labute approximate surface area is 147 Å². The summed E-state index contributed by atoms with van der Waals surface area (Å²) in [7, 11) is 1.86. The molecule has 2 aromatic heterocycles. The van der Waals surface area contributed by atoms with E-state index in [0.29, 0.717) is 18.1 Å². The second-order valence-corrected chi connectivity index (χ2v) is 7.96. The van der Waals surface area contributed by atoms with Crippen LogP contribution in [0.4, 0.5) is 0 Å². The smallest absolute Gasteiger partial charge is 0.117 e. The zero-order valence-electron chi connectivity index (χ0n) is 14.4. The fourth-order valence-corrected chi connectivity index (χ4v) is 4.85. The Morgan fingerprint density at radius 1 is 1.38 bits per heavy atom. The predicted octanol–water partition coefficient (Wildman–Crippen LogP) is 2.77. The van der Waals surface area contributed by atoms with Crippen LogP contribution in [-0.4, -0.2) is 53.7 Å². The molecule has 24 heavy (non-hydrogen) atoms. The molecule has 0 bridgehead atoms. The van der Waals surface area contributed by atoms with Gasteiger partial charge < -0.3 is 9.15 Å². The monoisotopic (exact) mass is 347 g/mol. The van der Waals surface area contributed by atoms with Crippen LogP contribution >= 0.6 is 11.3 Å². The summed E-state index contributed by atoms with van der Waals surface area (Å²) in [4.78, 5) is 9.74. The summed E-state index contributed by atoms with van der Waals surface area (Å²) in [6.07, 6.45) is 3.23. The minimum atomic E-state index is 0.366. The normalized spacial score (nSPS) is 28.3. The molecule has 2 aliphatic rings. The molecular weight excluding hydrogens is 322 g/mol. The first-order chi connectivity index (χ1) is 11.7. The first-order valence-corrected chi connectivity index (χ1v) is 9.53. The summed E-state index contributed by atoms with van der Waals surface area (Å²) < 4.78 is 11.4. The topological polar surface area (TPSA) is 41.7 Å². The molecule has 130 valence electrons. The van der Waals surface area contributed by atoms with Gasteiger partial charge in [0.1, 0.15) is 5.76 Å². The molecule has 0 N–H and O–H groups in total. The van der Waals surface area contributed by atoms with E-state index < -0.39 is 0 Å². The number of fused-ring (bicyclic) bond motifs is 1. The van der Waals surface area contributed by atoms with Crippen molar-refractivity contribution in [3.63, 3.8) is 0 Å². The van der Waals surface area contributed by atoms with Gasteiger partial charge in [-0.1, -0.05) is 0 Å². The van der Waals surface area contributed by atoms with E-state index in [9.17, 15) is 0 Å².